The first kappa shape index (κ1) is 58.5. The van der Waals surface area contributed by atoms with E-state index >= 15 is 0 Å². The molecule has 9 nitrogen and oxygen atoms in total. The molecule has 10 heteroatoms. The normalized spacial score (nSPS) is 13.8. The van der Waals surface area contributed by atoms with Gasteiger partial charge in [0.25, 0.3) is 0 Å². The molecule has 0 radical (unpaired) electrons. The number of hydrogen-bond donors (Lipinski definition) is 3. The molecule has 0 rings (SSSR count). The third-order valence-electron chi connectivity index (χ3n) is 11.5. The van der Waals surface area contributed by atoms with Gasteiger partial charge in [0.1, 0.15) is 12.2 Å². The Labute approximate surface area is 365 Å². The van der Waals surface area contributed by atoms with E-state index in [1.807, 2.05) is 0 Å². The van der Waals surface area contributed by atoms with Crippen molar-refractivity contribution in [1.29, 1.82) is 0 Å². The molecule has 0 aliphatic heterocycles. The zero-order valence-corrected chi connectivity index (χ0v) is 39.9. The molecular weight excluding hydrogens is 764 g/mol. The molecule has 354 valence electrons. The van der Waals surface area contributed by atoms with E-state index in [1.165, 1.54) is 212 Å². The number of phosphoric ester groups is 1. The van der Waals surface area contributed by atoms with Gasteiger partial charge in [-0.15, -0.1) is 0 Å². The highest BCUT2D eigenvalue weighted by Gasteiger charge is 2.26. The monoisotopic (exact) mass is 863 g/mol. The van der Waals surface area contributed by atoms with E-state index in [1.54, 1.807) is 0 Å². The summed E-state index contributed by atoms with van der Waals surface area (Å²) in [6.07, 6.45) is 47.8. The zero-order chi connectivity index (χ0) is 43.2. The largest absolute Gasteiger partial charge is 0.472 e. The molecular formula is C49H99O9P. The molecule has 0 fully saturated rings. The molecule has 0 heterocycles. The van der Waals surface area contributed by atoms with Crippen LogP contribution in [0.4, 0.5) is 0 Å². The number of carbonyl (C=O) groups excluding carboxylic acids is 1. The van der Waals surface area contributed by atoms with Crippen molar-refractivity contribution in [3.8, 4) is 0 Å². The van der Waals surface area contributed by atoms with Crippen LogP contribution < -0.4 is 0 Å². The summed E-state index contributed by atoms with van der Waals surface area (Å²) >= 11 is 0. The van der Waals surface area contributed by atoms with Crippen LogP contribution in [0.15, 0.2) is 0 Å². The maximum atomic E-state index is 12.7. The fourth-order valence-electron chi connectivity index (χ4n) is 7.65. The van der Waals surface area contributed by atoms with Gasteiger partial charge in [-0.05, 0) is 12.8 Å². The highest BCUT2D eigenvalue weighted by atomic mass is 31.2. The van der Waals surface area contributed by atoms with E-state index in [9.17, 15) is 19.4 Å². The number of aliphatic hydroxyl groups excluding tert-OH is 2. The highest BCUT2D eigenvalue weighted by Crippen LogP contribution is 2.43. The second kappa shape index (κ2) is 47.0. The van der Waals surface area contributed by atoms with E-state index in [4.69, 9.17) is 23.6 Å². The van der Waals surface area contributed by atoms with Gasteiger partial charge in [-0.3, -0.25) is 13.8 Å². The summed E-state index contributed by atoms with van der Waals surface area (Å²) < 4.78 is 33.5. The zero-order valence-electron chi connectivity index (χ0n) is 39.0. The Morgan fingerprint density at radius 3 is 1.10 bits per heavy atom. The maximum absolute atomic E-state index is 12.7. The topological polar surface area (TPSA) is 132 Å². The number of aliphatic hydroxyl groups is 2. The minimum atomic E-state index is -4.51. The van der Waals surface area contributed by atoms with Gasteiger partial charge in [0.2, 0.25) is 0 Å². The Hall–Kier alpha value is -0.540. The standard InChI is InChI=1S/C49H99O9P/c1-3-5-7-9-11-13-15-17-19-21-23-25-27-29-31-33-35-37-39-41-49(52)58-48(46-57-59(53,54)56-44-47(51)43-50)45-55-42-40-38-36-34-32-30-28-26-24-22-20-18-16-14-12-10-8-6-4-2/h47-48,50-51H,3-46H2,1-2H3,(H,53,54). The van der Waals surface area contributed by atoms with Gasteiger partial charge in [0.05, 0.1) is 26.4 Å². The predicted octanol–water partition coefficient (Wildman–Crippen LogP) is 14.7. The number of phosphoric acid groups is 1. The quantitative estimate of drug-likeness (QED) is 0.0311. The number of unbranched alkanes of at least 4 members (excludes halogenated alkanes) is 36. The fraction of sp³-hybridized carbons (Fsp3) is 0.980. The molecule has 0 saturated heterocycles. The van der Waals surface area contributed by atoms with E-state index < -0.39 is 33.2 Å². The Morgan fingerprint density at radius 2 is 0.763 bits per heavy atom. The van der Waals surface area contributed by atoms with Crippen molar-refractivity contribution >= 4 is 13.8 Å². The van der Waals surface area contributed by atoms with Crippen LogP contribution in [0.3, 0.4) is 0 Å². The van der Waals surface area contributed by atoms with E-state index in [2.05, 4.69) is 13.8 Å². The van der Waals surface area contributed by atoms with E-state index in [-0.39, 0.29) is 25.6 Å². The van der Waals surface area contributed by atoms with Gasteiger partial charge in [-0.25, -0.2) is 4.57 Å². The first-order valence-electron chi connectivity index (χ1n) is 25.5. The average molecular weight is 863 g/mol. The van der Waals surface area contributed by atoms with Crippen LogP contribution in [0.1, 0.15) is 264 Å². The molecule has 3 atom stereocenters. The molecule has 0 spiro atoms. The highest BCUT2D eigenvalue weighted by molar-refractivity contribution is 7.47. The van der Waals surface area contributed by atoms with Crippen LogP contribution in [0.5, 0.6) is 0 Å². The molecule has 0 saturated carbocycles. The molecule has 0 aromatic heterocycles. The Kier molecular flexibility index (Phi) is 46.5. The molecule has 3 unspecified atom stereocenters. The lowest BCUT2D eigenvalue weighted by molar-refractivity contribution is -0.154. The number of esters is 1. The van der Waals surface area contributed by atoms with Crippen LogP contribution in [-0.2, 0) is 27.9 Å². The lowest BCUT2D eigenvalue weighted by Gasteiger charge is -2.20. The van der Waals surface area contributed by atoms with Crippen LogP contribution in [0, 0.1) is 0 Å². The van der Waals surface area contributed by atoms with Gasteiger partial charge in [-0.2, -0.15) is 0 Å². The van der Waals surface area contributed by atoms with Crippen LogP contribution in [0.25, 0.3) is 0 Å². The number of carbonyl (C=O) groups is 1. The van der Waals surface area contributed by atoms with Gasteiger partial charge in [-0.1, -0.05) is 245 Å². The van der Waals surface area contributed by atoms with Crippen LogP contribution in [-0.4, -0.2) is 66.3 Å². The maximum Gasteiger partial charge on any atom is 0.472 e. The molecule has 0 bridgehead atoms. The molecule has 0 aliphatic carbocycles. The lowest BCUT2D eigenvalue weighted by atomic mass is 10.0. The first-order valence-corrected chi connectivity index (χ1v) is 27.0. The number of ether oxygens (including phenoxy) is 2. The van der Waals surface area contributed by atoms with Gasteiger partial charge in [0, 0.05) is 13.0 Å². The summed E-state index contributed by atoms with van der Waals surface area (Å²) in [6.45, 7) is 3.61. The predicted molar refractivity (Wildman–Crippen MR) is 247 cm³/mol. The van der Waals surface area contributed by atoms with Crippen molar-refractivity contribution in [2.45, 2.75) is 276 Å². The minimum absolute atomic E-state index is 0.0588. The summed E-state index contributed by atoms with van der Waals surface area (Å²) in [5.41, 5.74) is 0. The van der Waals surface area contributed by atoms with E-state index in [0.717, 1.165) is 32.1 Å². The summed E-state index contributed by atoms with van der Waals surface area (Å²) in [6, 6.07) is 0. The summed E-state index contributed by atoms with van der Waals surface area (Å²) in [7, 11) is -4.51. The second-order valence-corrected chi connectivity index (χ2v) is 19.0. The summed E-state index contributed by atoms with van der Waals surface area (Å²) in [4.78, 5) is 22.7. The molecule has 59 heavy (non-hydrogen) atoms. The van der Waals surface area contributed by atoms with Crippen molar-refractivity contribution in [2.75, 3.05) is 33.0 Å². The van der Waals surface area contributed by atoms with Crippen LogP contribution >= 0.6 is 7.82 Å². The average Bonchev–Trinajstić information content (AvgIpc) is 3.23. The first-order chi connectivity index (χ1) is 28.8. The molecule has 0 amide bonds. The van der Waals surface area contributed by atoms with Gasteiger partial charge >= 0.3 is 13.8 Å². The van der Waals surface area contributed by atoms with E-state index in [0.29, 0.717) is 6.61 Å². The van der Waals surface area contributed by atoms with Crippen molar-refractivity contribution in [1.82, 2.24) is 0 Å². The minimum Gasteiger partial charge on any atom is -0.457 e. The summed E-state index contributed by atoms with van der Waals surface area (Å²) in [5, 5.41) is 18.4. The van der Waals surface area contributed by atoms with Gasteiger partial charge < -0.3 is 24.6 Å². The van der Waals surface area contributed by atoms with Crippen molar-refractivity contribution in [2.24, 2.45) is 0 Å². The fourth-order valence-corrected chi connectivity index (χ4v) is 8.44. The number of rotatable bonds is 50. The smallest absolute Gasteiger partial charge is 0.457 e. The second-order valence-electron chi connectivity index (χ2n) is 17.6. The third kappa shape index (κ3) is 46.8. The lowest BCUT2D eigenvalue weighted by Crippen LogP contribution is -2.29. The summed E-state index contributed by atoms with van der Waals surface area (Å²) in [5.74, 6) is -0.373. The Balaban J connectivity index is 4.02. The molecule has 3 N–H and O–H groups in total. The molecule has 0 aliphatic rings. The molecule has 0 aromatic rings. The van der Waals surface area contributed by atoms with Gasteiger partial charge in [0.15, 0.2) is 0 Å². The Morgan fingerprint density at radius 1 is 0.458 bits per heavy atom. The third-order valence-corrected chi connectivity index (χ3v) is 12.5. The van der Waals surface area contributed by atoms with Crippen molar-refractivity contribution < 1.29 is 43.0 Å². The number of hydrogen-bond acceptors (Lipinski definition) is 8. The van der Waals surface area contributed by atoms with Crippen molar-refractivity contribution in [3.63, 3.8) is 0 Å². The Bertz CT molecular complexity index is 892. The van der Waals surface area contributed by atoms with Crippen LogP contribution in [0.2, 0.25) is 0 Å². The molecule has 0 aromatic carbocycles. The van der Waals surface area contributed by atoms with Crippen molar-refractivity contribution in [3.05, 3.63) is 0 Å². The SMILES string of the molecule is CCCCCCCCCCCCCCCCCCCCCOCC(COP(=O)(O)OCC(O)CO)OC(=O)CCCCCCCCCCCCCCCCCCCCC.